The fourth-order valence-corrected chi connectivity index (χ4v) is 4.79. The van der Waals surface area contributed by atoms with E-state index in [1.807, 2.05) is 31.2 Å². The summed E-state index contributed by atoms with van der Waals surface area (Å²) >= 11 is 0. The van der Waals surface area contributed by atoms with Crippen molar-refractivity contribution in [2.24, 2.45) is 0 Å². The fourth-order valence-electron chi connectivity index (χ4n) is 4.79. The van der Waals surface area contributed by atoms with Gasteiger partial charge in [0, 0.05) is 18.5 Å². The summed E-state index contributed by atoms with van der Waals surface area (Å²) in [5, 5.41) is 0. The van der Waals surface area contributed by atoms with Crippen molar-refractivity contribution >= 4 is 5.97 Å². The Morgan fingerprint density at radius 1 is 1.12 bits per heavy atom. The first-order valence-electron chi connectivity index (χ1n) is 12.0. The van der Waals surface area contributed by atoms with E-state index in [-0.39, 0.29) is 5.97 Å². The van der Waals surface area contributed by atoms with Crippen molar-refractivity contribution < 1.29 is 18.7 Å². The molecule has 180 valence electrons. The van der Waals surface area contributed by atoms with Gasteiger partial charge >= 0.3 is 5.97 Å². The predicted octanol–water partition coefficient (Wildman–Crippen LogP) is 5.50. The van der Waals surface area contributed by atoms with Crippen LogP contribution in [0, 0.1) is 13.8 Å². The van der Waals surface area contributed by atoms with E-state index in [0.717, 1.165) is 60.7 Å². The molecule has 0 amide bonds. The van der Waals surface area contributed by atoms with E-state index >= 15 is 0 Å². The first kappa shape index (κ1) is 24.0. The molecule has 3 aromatic rings. The second kappa shape index (κ2) is 10.4. The predicted molar refractivity (Wildman–Crippen MR) is 132 cm³/mol. The average Bonchev–Trinajstić information content (AvgIpc) is 3.44. The molecular weight excluding hydrogens is 428 g/mol. The SMILES string of the molecule is CCC1(C(=O)OC)CCCN1Cc1ccc(OCCc2nc(-c3ccc(C)cc3)oc2C)cc1. The zero-order chi connectivity index (χ0) is 24.1. The standard InChI is InChI=1S/C28H34N2O4/c1-5-28(27(31)32-4)16-6-17-30(28)19-22-9-13-24(14-10-22)33-18-15-25-21(3)34-26(29-25)23-11-7-20(2)8-12-23/h7-14H,5-6,15-19H2,1-4H3. The molecule has 34 heavy (non-hydrogen) atoms. The lowest BCUT2D eigenvalue weighted by Gasteiger charge is -2.35. The van der Waals surface area contributed by atoms with Crippen LogP contribution in [0.15, 0.2) is 52.9 Å². The number of carbonyl (C=O) groups excluding carboxylic acids is 1. The van der Waals surface area contributed by atoms with Crippen LogP contribution in [0.25, 0.3) is 11.5 Å². The third-order valence-electron chi connectivity index (χ3n) is 6.87. The van der Waals surface area contributed by atoms with Gasteiger partial charge in [0.05, 0.1) is 19.4 Å². The maximum absolute atomic E-state index is 12.5. The van der Waals surface area contributed by atoms with Gasteiger partial charge in [0.1, 0.15) is 17.0 Å². The average molecular weight is 463 g/mol. The monoisotopic (exact) mass is 462 g/mol. The van der Waals surface area contributed by atoms with Crippen LogP contribution in [-0.4, -0.2) is 41.7 Å². The maximum atomic E-state index is 12.5. The summed E-state index contributed by atoms with van der Waals surface area (Å²) in [6, 6.07) is 16.3. The van der Waals surface area contributed by atoms with E-state index in [2.05, 4.69) is 48.0 Å². The van der Waals surface area contributed by atoms with Crippen molar-refractivity contribution in [3.8, 4) is 17.2 Å². The first-order chi connectivity index (χ1) is 16.4. The van der Waals surface area contributed by atoms with E-state index in [9.17, 15) is 4.79 Å². The van der Waals surface area contributed by atoms with Crippen LogP contribution in [-0.2, 0) is 22.5 Å². The summed E-state index contributed by atoms with van der Waals surface area (Å²) in [7, 11) is 1.48. The molecule has 1 saturated heterocycles. The second-order valence-electron chi connectivity index (χ2n) is 9.03. The highest BCUT2D eigenvalue weighted by atomic mass is 16.5. The second-order valence-corrected chi connectivity index (χ2v) is 9.03. The molecule has 1 aromatic heterocycles. The van der Waals surface area contributed by atoms with Crippen LogP contribution in [0.5, 0.6) is 5.75 Å². The number of likely N-dealkylation sites (tertiary alicyclic amines) is 1. The van der Waals surface area contributed by atoms with Crippen molar-refractivity contribution in [1.82, 2.24) is 9.88 Å². The van der Waals surface area contributed by atoms with Crippen LogP contribution in [0.1, 0.15) is 48.8 Å². The normalized spacial score (nSPS) is 18.2. The molecule has 1 atom stereocenters. The minimum Gasteiger partial charge on any atom is -0.493 e. The number of hydrogen-bond donors (Lipinski definition) is 0. The Balaban J connectivity index is 1.32. The highest BCUT2D eigenvalue weighted by molar-refractivity contribution is 5.81. The summed E-state index contributed by atoms with van der Waals surface area (Å²) in [6.45, 7) is 8.22. The largest absolute Gasteiger partial charge is 0.493 e. The van der Waals surface area contributed by atoms with Gasteiger partial charge in [-0.15, -0.1) is 0 Å². The van der Waals surface area contributed by atoms with Crippen LogP contribution in [0.4, 0.5) is 0 Å². The number of rotatable bonds is 9. The number of carbonyl (C=O) groups is 1. The Labute approximate surface area is 201 Å². The molecular formula is C28H34N2O4. The van der Waals surface area contributed by atoms with E-state index in [4.69, 9.17) is 13.9 Å². The summed E-state index contributed by atoms with van der Waals surface area (Å²) in [6.07, 6.45) is 3.30. The third-order valence-corrected chi connectivity index (χ3v) is 6.87. The van der Waals surface area contributed by atoms with Gasteiger partial charge in [-0.25, -0.2) is 4.98 Å². The number of aryl methyl sites for hydroxylation is 2. The molecule has 1 unspecified atom stereocenters. The van der Waals surface area contributed by atoms with E-state index in [1.54, 1.807) is 0 Å². The molecule has 0 aliphatic carbocycles. The molecule has 1 aliphatic rings. The van der Waals surface area contributed by atoms with Crippen LogP contribution < -0.4 is 4.74 Å². The van der Waals surface area contributed by atoms with Gasteiger partial charge in [-0.1, -0.05) is 36.8 Å². The van der Waals surface area contributed by atoms with Crippen molar-refractivity contribution in [3.05, 3.63) is 71.1 Å². The molecule has 4 rings (SSSR count). The van der Waals surface area contributed by atoms with E-state index in [1.165, 1.54) is 12.7 Å². The lowest BCUT2D eigenvalue weighted by Crippen LogP contribution is -2.50. The summed E-state index contributed by atoms with van der Waals surface area (Å²) in [5.41, 5.74) is 3.76. The van der Waals surface area contributed by atoms with Crippen molar-refractivity contribution in [3.63, 3.8) is 0 Å². The number of oxazole rings is 1. The number of aromatic nitrogens is 1. The molecule has 0 saturated carbocycles. The number of methoxy groups -OCH3 is 1. The Kier molecular flexibility index (Phi) is 7.37. The quantitative estimate of drug-likeness (QED) is 0.392. The number of nitrogens with zero attached hydrogens (tertiary/aromatic N) is 2. The highest BCUT2D eigenvalue weighted by Gasteiger charge is 2.46. The molecule has 6 heteroatoms. The fraction of sp³-hybridized carbons (Fsp3) is 0.429. The Bertz CT molecular complexity index is 1100. The molecule has 6 nitrogen and oxygen atoms in total. The molecule has 2 aromatic carbocycles. The van der Waals surface area contributed by atoms with Gasteiger partial charge in [-0.05, 0) is 69.5 Å². The molecule has 0 spiro atoms. The van der Waals surface area contributed by atoms with Gasteiger partial charge in [0.2, 0.25) is 5.89 Å². The number of esters is 1. The Hall–Kier alpha value is -3.12. The topological polar surface area (TPSA) is 64.8 Å². The van der Waals surface area contributed by atoms with Gasteiger partial charge in [0.25, 0.3) is 0 Å². The molecule has 1 aliphatic heterocycles. The lowest BCUT2D eigenvalue weighted by atomic mass is 9.92. The Morgan fingerprint density at radius 2 is 1.85 bits per heavy atom. The van der Waals surface area contributed by atoms with Gasteiger partial charge < -0.3 is 13.9 Å². The van der Waals surface area contributed by atoms with Crippen LogP contribution >= 0.6 is 0 Å². The first-order valence-corrected chi connectivity index (χ1v) is 12.0. The lowest BCUT2D eigenvalue weighted by molar-refractivity contribution is -0.154. The Morgan fingerprint density at radius 3 is 2.53 bits per heavy atom. The highest BCUT2D eigenvalue weighted by Crippen LogP contribution is 2.35. The molecule has 0 N–H and O–H groups in total. The number of benzene rings is 2. The van der Waals surface area contributed by atoms with Crippen molar-refractivity contribution in [2.75, 3.05) is 20.3 Å². The molecule has 0 bridgehead atoms. The van der Waals surface area contributed by atoms with E-state index in [0.29, 0.717) is 18.9 Å². The maximum Gasteiger partial charge on any atom is 0.326 e. The van der Waals surface area contributed by atoms with Crippen LogP contribution in [0.3, 0.4) is 0 Å². The zero-order valence-electron chi connectivity index (χ0n) is 20.6. The summed E-state index contributed by atoms with van der Waals surface area (Å²) in [5.74, 6) is 2.17. The summed E-state index contributed by atoms with van der Waals surface area (Å²) in [4.78, 5) is 19.4. The number of hydrogen-bond acceptors (Lipinski definition) is 6. The molecule has 2 heterocycles. The van der Waals surface area contributed by atoms with E-state index < -0.39 is 5.54 Å². The van der Waals surface area contributed by atoms with Gasteiger partial charge in [-0.2, -0.15) is 0 Å². The van der Waals surface area contributed by atoms with Crippen molar-refractivity contribution in [1.29, 1.82) is 0 Å². The van der Waals surface area contributed by atoms with Gasteiger partial charge in [-0.3, -0.25) is 9.69 Å². The van der Waals surface area contributed by atoms with Gasteiger partial charge in [0.15, 0.2) is 0 Å². The number of ether oxygens (including phenoxy) is 2. The summed E-state index contributed by atoms with van der Waals surface area (Å²) < 4.78 is 17.0. The third kappa shape index (κ3) is 5.02. The zero-order valence-corrected chi connectivity index (χ0v) is 20.6. The minimum absolute atomic E-state index is 0.124. The van der Waals surface area contributed by atoms with Crippen molar-refractivity contribution in [2.45, 2.75) is 58.5 Å². The minimum atomic E-state index is -0.503. The van der Waals surface area contributed by atoms with Crippen LogP contribution in [0.2, 0.25) is 0 Å². The molecule has 1 fully saturated rings. The molecule has 0 radical (unpaired) electrons. The smallest absolute Gasteiger partial charge is 0.326 e.